The van der Waals surface area contributed by atoms with E-state index in [0.29, 0.717) is 23.6 Å². The first kappa shape index (κ1) is 18.8. The standard InChI is InChI=1S/C19H21ClN2O3/c1-22(13-18(23)21-16-9-5-4-8-15(16)20)19(24)12-11-14-7-3-6-10-17(14)25-2/h3-10H,11-13H2,1-2H3,(H,21,23). The Balaban J connectivity index is 1.85. The average Bonchev–Trinajstić information content (AvgIpc) is 2.61. The second-order valence-electron chi connectivity index (χ2n) is 5.59. The zero-order chi connectivity index (χ0) is 18.2. The van der Waals surface area contributed by atoms with Crippen molar-refractivity contribution in [3.63, 3.8) is 0 Å². The maximum atomic E-state index is 12.2. The van der Waals surface area contributed by atoms with E-state index in [1.807, 2.05) is 24.3 Å². The van der Waals surface area contributed by atoms with Crippen LogP contribution in [0.1, 0.15) is 12.0 Å². The molecule has 5 nitrogen and oxygen atoms in total. The molecule has 132 valence electrons. The lowest BCUT2D eigenvalue weighted by atomic mass is 10.1. The number of anilines is 1. The van der Waals surface area contributed by atoms with Crippen molar-refractivity contribution in [1.29, 1.82) is 0 Å². The van der Waals surface area contributed by atoms with E-state index in [1.165, 1.54) is 4.90 Å². The van der Waals surface area contributed by atoms with Gasteiger partial charge in [0.15, 0.2) is 0 Å². The number of benzene rings is 2. The van der Waals surface area contributed by atoms with Gasteiger partial charge in [-0.15, -0.1) is 0 Å². The average molecular weight is 361 g/mol. The molecule has 2 aromatic carbocycles. The van der Waals surface area contributed by atoms with Gasteiger partial charge in [-0.25, -0.2) is 0 Å². The Morgan fingerprint density at radius 2 is 1.80 bits per heavy atom. The van der Waals surface area contributed by atoms with Gasteiger partial charge in [0.05, 0.1) is 24.4 Å². The van der Waals surface area contributed by atoms with E-state index in [0.717, 1.165) is 11.3 Å². The highest BCUT2D eigenvalue weighted by Crippen LogP contribution is 2.21. The van der Waals surface area contributed by atoms with Crippen LogP contribution in [0.5, 0.6) is 5.75 Å². The van der Waals surface area contributed by atoms with Crippen LogP contribution in [0.3, 0.4) is 0 Å². The summed E-state index contributed by atoms with van der Waals surface area (Å²) in [6.45, 7) is -0.0318. The molecule has 0 aliphatic rings. The van der Waals surface area contributed by atoms with Gasteiger partial charge in [-0.2, -0.15) is 0 Å². The SMILES string of the molecule is COc1ccccc1CCC(=O)N(C)CC(=O)Nc1ccccc1Cl. The maximum absolute atomic E-state index is 12.2. The molecule has 25 heavy (non-hydrogen) atoms. The van der Waals surface area contributed by atoms with Crippen molar-refractivity contribution in [2.24, 2.45) is 0 Å². The second-order valence-corrected chi connectivity index (χ2v) is 6.00. The maximum Gasteiger partial charge on any atom is 0.244 e. The molecule has 0 aromatic heterocycles. The summed E-state index contributed by atoms with van der Waals surface area (Å²) < 4.78 is 5.28. The van der Waals surface area contributed by atoms with Crippen LogP contribution in [0.15, 0.2) is 48.5 Å². The fourth-order valence-corrected chi connectivity index (χ4v) is 2.58. The molecular formula is C19H21ClN2O3. The molecule has 0 unspecified atom stereocenters. The highest BCUT2D eigenvalue weighted by molar-refractivity contribution is 6.33. The van der Waals surface area contributed by atoms with Crippen molar-refractivity contribution in [1.82, 2.24) is 4.90 Å². The molecule has 2 rings (SSSR count). The van der Waals surface area contributed by atoms with Gasteiger partial charge in [-0.1, -0.05) is 41.9 Å². The van der Waals surface area contributed by atoms with Crippen LogP contribution in [0.4, 0.5) is 5.69 Å². The quantitative estimate of drug-likeness (QED) is 0.823. The predicted octanol–water partition coefficient (Wildman–Crippen LogP) is 3.38. The van der Waals surface area contributed by atoms with Gasteiger partial charge >= 0.3 is 0 Å². The second kappa shape index (κ2) is 9.08. The molecule has 0 radical (unpaired) electrons. The molecule has 0 saturated heterocycles. The Bertz CT molecular complexity index is 749. The van der Waals surface area contributed by atoms with Gasteiger partial charge in [-0.05, 0) is 30.2 Å². The molecule has 1 N–H and O–H groups in total. The first-order valence-corrected chi connectivity index (χ1v) is 8.29. The lowest BCUT2D eigenvalue weighted by Gasteiger charge is -2.17. The summed E-state index contributed by atoms with van der Waals surface area (Å²) >= 11 is 6.01. The topological polar surface area (TPSA) is 58.6 Å². The monoisotopic (exact) mass is 360 g/mol. The van der Waals surface area contributed by atoms with Crippen molar-refractivity contribution in [2.45, 2.75) is 12.8 Å². The lowest BCUT2D eigenvalue weighted by molar-refractivity contribution is -0.133. The minimum atomic E-state index is -0.291. The van der Waals surface area contributed by atoms with E-state index in [-0.39, 0.29) is 18.4 Å². The molecule has 6 heteroatoms. The van der Waals surface area contributed by atoms with Crippen LogP contribution >= 0.6 is 11.6 Å². The molecule has 2 aromatic rings. The third kappa shape index (κ3) is 5.50. The summed E-state index contributed by atoms with van der Waals surface area (Å²) in [6.07, 6.45) is 0.857. The van der Waals surface area contributed by atoms with Crippen LogP contribution in [0, 0.1) is 0 Å². The number of likely N-dealkylation sites (N-methyl/N-ethyl adjacent to an activating group) is 1. The van der Waals surface area contributed by atoms with Crippen molar-refractivity contribution >= 4 is 29.1 Å². The summed E-state index contributed by atoms with van der Waals surface area (Å²) in [5.74, 6) is 0.357. The smallest absolute Gasteiger partial charge is 0.244 e. The third-order valence-electron chi connectivity index (χ3n) is 3.76. The Kier molecular flexibility index (Phi) is 6.83. The van der Waals surface area contributed by atoms with Crippen molar-refractivity contribution < 1.29 is 14.3 Å². The number of aryl methyl sites for hydroxylation is 1. The van der Waals surface area contributed by atoms with Crippen LogP contribution in [0.2, 0.25) is 5.02 Å². The zero-order valence-corrected chi connectivity index (χ0v) is 15.0. The fourth-order valence-electron chi connectivity index (χ4n) is 2.40. The Morgan fingerprint density at radius 1 is 1.12 bits per heavy atom. The van der Waals surface area contributed by atoms with E-state index in [4.69, 9.17) is 16.3 Å². The van der Waals surface area contributed by atoms with Crippen molar-refractivity contribution in [3.8, 4) is 5.75 Å². The van der Waals surface area contributed by atoms with E-state index in [2.05, 4.69) is 5.32 Å². The summed E-state index contributed by atoms with van der Waals surface area (Å²) in [5, 5.41) is 3.16. The molecule has 0 aliphatic heterocycles. The molecule has 0 saturated carbocycles. The third-order valence-corrected chi connectivity index (χ3v) is 4.08. The zero-order valence-electron chi connectivity index (χ0n) is 14.3. The fraction of sp³-hybridized carbons (Fsp3) is 0.263. The number of rotatable bonds is 7. The van der Waals surface area contributed by atoms with Crippen LogP contribution < -0.4 is 10.1 Å². The first-order valence-electron chi connectivity index (χ1n) is 7.91. The lowest BCUT2D eigenvalue weighted by Crippen LogP contribution is -2.35. The Labute approximate surface area is 152 Å². The van der Waals surface area contributed by atoms with Gasteiger partial charge in [0, 0.05) is 13.5 Å². The number of nitrogens with one attached hydrogen (secondary N) is 1. The number of carbonyl (C=O) groups is 2. The van der Waals surface area contributed by atoms with Gasteiger partial charge in [0.1, 0.15) is 5.75 Å². The van der Waals surface area contributed by atoms with E-state index < -0.39 is 0 Å². The summed E-state index contributed by atoms with van der Waals surface area (Å²) in [5.41, 5.74) is 1.50. The largest absolute Gasteiger partial charge is 0.496 e. The number of para-hydroxylation sites is 2. The number of halogens is 1. The van der Waals surface area contributed by atoms with Crippen LogP contribution in [-0.2, 0) is 16.0 Å². The minimum absolute atomic E-state index is 0.0318. The number of hydrogen-bond donors (Lipinski definition) is 1. The highest BCUT2D eigenvalue weighted by atomic mass is 35.5. The number of carbonyl (C=O) groups excluding carboxylic acids is 2. The summed E-state index contributed by atoms with van der Waals surface area (Å²) in [4.78, 5) is 25.7. The Morgan fingerprint density at radius 3 is 2.52 bits per heavy atom. The van der Waals surface area contributed by atoms with E-state index in [9.17, 15) is 9.59 Å². The minimum Gasteiger partial charge on any atom is -0.496 e. The van der Waals surface area contributed by atoms with Gasteiger partial charge in [0.25, 0.3) is 0 Å². The Hall–Kier alpha value is -2.53. The van der Waals surface area contributed by atoms with Gasteiger partial charge in [0.2, 0.25) is 11.8 Å². The number of hydrogen-bond acceptors (Lipinski definition) is 3. The van der Waals surface area contributed by atoms with E-state index in [1.54, 1.807) is 38.4 Å². The molecule has 0 heterocycles. The predicted molar refractivity (Wildman–Crippen MR) is 99.0 cm³/mol. The molecule has 2 amide bonds. The van der Waals surface area contributed by atoms with Crippen LogP contribution in [-0.4, -0.2) is 37.4 Å². The summed E-state index contributed by atoms with van der Waals surface area (Å²) in [6, 6.07) is 14.5. The van der Waals surface area contributed by atoms with E-state index >= 15 is 0 Å². The normalized spacial score (nSPS) is 10.2. The molecule has 0 bridgehead atoms. The highest BCUT2D eigenvalue weighted by Gasteiger charge is 2.14. The number of ether oxygens (including phenoxy) is 1. The van der Waals surface area contributed by atoms with Crippen molar-refractivity contribution in [2.75, 3.05) is 26.0 Å². The van der Waals surface area contributed by atoms with Gasteiger partial charge < -0.3 is 15.0 Å². The molecule has 0 atom stereocenters. The number of nitrogens with zero attached hydrogens (tertiary/aromatic N) is 1. The number of methoxy groups -OCH3 is 1. The molecule has 0 aliphatic carbocycles. The first-order chi connectivity index (χ1) is 12.0. The van der Waals surface area contributed by atoms with Gasteiger partial charge in [-0.3, -0.25) is 9.59 Å². The molecular weight excluding hydrogens is 340 g/mol. The van der Waals surface area contributed by atoms with Crippen LogP contribution in [0.25, 0.3) is 0 Å². The molecule has 0 spiro atoms. The number of amides is 2. The van der Waals surface area contributed by atoms with Crippen molar-refractivity contribution in [3.05, 3.63) is 59.1 Å². The molecule has 0 fully saturated rings. The summed E-state index contributed by atoms with van der Waals surface area (Å²) in [7, 11) is 3.21.